The molecule has 0 saturated heterocycles. The van der Waals surface area contributed by atoms with Crippen LogP contribution in [-0.2, 0) is 0 Å². The van der Waals surface area contributed by atoms with E-state index in [0.717, 1.165) is 6.07 Å². The zero-order valence-corrected chi connectivity index (χ0v) is 10.2. The molecule has 0 heterocycles. The van der Waals surface area contributed by atoms with Crippen LogP contribution in [0.1, 0.15) is 28.9 Å². The molecule has 5 heteroatoms. The first-order valence-corrected chi connectivity index (χ1v) is 5.82. The van der Waals surface area contributed by atoms with Gasteiger partial charge in [0.05, 0.1) is 6.10 Å². The Kier molecular flexibility index (Phi) is 4.58. The highest BCUT2D eigenvalue weighted by molar-refractivity contribution is 9.09. The van der Waals surface area contributed by atoms with E-state index >= 15 is 0 Å². The normalized spacial score (nSPS) is 14.6. The number of halogens is 2. The standard InChI is InChI=1S/C11H12BrFO3/c1-6(14)7-2-3-9(13)8(4-7)11(16)10(15)5-12/h2-4,10-11,15-16H,5H2,1H3. The van der Waals surface area contributed by atoms with E-state index in [-0.39, 0.29) is 16.7 Å². The van der Waals surface area contributed by atoms with E-state index in [9.17, 15) is 19.4 Å². The Hall–Kier alpha value is -0.780. The Morgan fingerprint density at radius 2 is 2.12 bits per heavy atom. The van der Waals surface area contributed by atoms with Crippen molar-refractivity contribution in [1.29, 1.82) is 0 Å². The molecule has 2 unspecified atom stereocenters. The molecule has 0 aromatic heterocycles. The minimum atomic E-state index is -1.35. The molecule has 1 aromatic carbocycles. The summed E-state index contributed by atoms with van der Waals surface area (Å²) in [5, 5.41) is 19.2. The summed E-state index contributed by atoms with van der Waals surface area (Å²) in [5.74, 6) is -0.862. The summed E-state index contributed by atoms with van der Waals surface area (Å²) in [6.07, 6.45) is -2.46. The zero-order valence-electron chi connectivity index (χ0n) is 8.65. The number of alkyl halides is 1. The number of hydrogen-bond donors (Lipinski definition) is 2. The molecule has 1 aromatic rings. The number of ketones is 1. The van der Waals surface area contributed by atoms with Gasteiger partial charge in [0.25, 0.3) is 0 Å². The fourth-order valence-electron chi connectivity index (χ4n) is 1.28. The summed E-state index contributed by atoms with van der Waals surface area (Å²) in [6.45, 7) is 1.35. The molecule has 3 nitrogen and oxygen atoms in total. The highest BCUT2D eigenvalue weighted by Crippen LogP contribution is 2.22. The van der Waals surface area contributed by atoms with Gasteiger partial charge in [-0.1, -0.05) is 15.9 Å². The van der Waals surface area contributed by atoms with Gasteiger partial charge in [-0.25, -0.2) is 4.39 Å². The molecule has 2 N–H and O–H groups in total. The van der Waals surface area contributed by atoms with Crippen LogP contribution in [0.3, 0.4) is 0 Å². The first kappa shape index (κ1) is 13.3. The van der Waals surface area contributed by atoms with Gasteiger partial charge in [-0.2, -0.15) is 0 Å². The lowest BCUT2D eigenvalue weighted by Gasteiger charge is -2.17. The molecule has 1 rings (SSSR count). The molecule has 16 heavy (non-hydrogen) atoms. The largest absolute Gasteiger partial charge is 0.389 e. The molecular formula is C11H12BrFO3. The van der Waals surface area contributed by atoms with Gasteiger partial charge >= 0.3 is 0 Å². The maximum atomic E-state index is 13.4. The third-order valence-electron chi connectivity index (χ3n) is 2.24. The van der Waals surface area contributed by atoms with Crippen LogP contribution in [0.15, 0.2) is 18.2 Å². The molecule has 0 aliphatic heterocycles. The molecule has 0 spiro atoms. The van der Waals surface area contributed by atoms with Crippen molar-refractivity contribution in [2.45, 2.75) is 19.1 Å². The third kappa shape index (κ3) is 2.87. The molecular weight excluding hydrogens is 279 g/mol. The number of benzene rings is 1. The highest BCUT2D eigenvalue weighted by atomic mass is 79.9. The smallest absolute Gasteiger partial charge is 0.159 e. The number of carbonyl (C=O) groups is 1. The Morgan fingerprint density at radius 1 is 1.50 bits per heavy atom. The van der Waals surface area contributed by atoms with Crippen LogP contribution in [0.25, 0.3) is 0 Å². The number of hydrogen-bond acceptors (Lipinski definition) is 3. The number of rotatable bonds is 4. The van der Waals surface area contributed by atoms with Crippen LogP contribution in [0.4, 0.5) is 4.39 Å². The van der Waals surface area contributed by atoms with Crippen LogP contribution in [0, 0.1) is 5.82 Å². The summed E-state index contributed by atoms with van der Waals surface area (Å²) in [6, 6.07) is 3.71. The predicted octanol–water partition coefficient (Wildman–Crippen LogP) is 1.82. The van der Waals surface area contributed by atoms with E-state index < -0.39 is 18.0 Å². The Labute approximate surface area is 101 Å². The second kappa shape index (κ2) is 5.52. The lowest BCUT2D eigenvalue weighted by atomic mass is 10.0. The van der Waals surface area contributed by atoms with Gasteiger partial charge in [0, 0.05) is 16.5 Å². The van der Waals surface area contributed by atoms with Crippen molar-refractivity contribution in [3.63, 3.8) is 0 Å². The average molecular weight is 291 g/mol. The first-order valence-electron chi connectivity index (χ1n) is 4.70. The Bertz CT molecular complexity index is 395. The van der Waals surface area contributed by atoms with E-state index in [1.165, 1.54) is 19.1 Å². The lowest BCUT2D eigenvalue weighted by molar-refractivity contribution is 0.0319. The fourth-order valence-corrected chi connectivity index (χ4v) is 1.64. The van der Waals surface area contributed by atoms with Crippen molar-refractivity contribution in [3.8, 4) is 0 Å². The second-order valence-electron chi connectivity index (χ2n) is 3.46. The van der Waals surface area contributed by atoms with Crippen molar-refractivity contribution in [3.05, 3.63) is 35.1 Å². The van der Waals surface area contributed by atoms with Crippen molar-refractivity contribution in [1.82, 2.24) is 0 Å². The summed E-state index contributed by atoms with van der Waals surface area (Å²) in [4.78, 5) is 11.1. The van der Waals surface area contributed by atoms with Gasteiger partial charge in [0.15, 0.2) is 5.78 Å². The molecule has 0 saturated carbocycles. The monoisotopic (exact) mass is 290 g/mol. The number of carbonyl (C=O) groups excluding carboxylic acids is 1. The third-order valence-corrected chi connectivity index (χ3v) is 2.91. The van der Waals surface area contributed by atoms with Crippen LogP contribution in [-0.4, -0.2) is 27.4 Å². The topological polar surface area (TPSA) is 57.5 Å². The van der Waals surface area contributed by atoms with E-state index in [1.807, 2.05) is 0 Å². The molecule has 0 bridgehead atoms. The van der Waals surface area contributed by atoms with Crippen LogP contribution in [0.5, 0.6) is 0 Å². The van der Waals surface area contributed by atoms with Gasteiger partial charge in [0.2, 0.25) is 0 Å². The van der Waals surface area contributed by atoms with Crippen molar-refractivity contribution >= 4 is 21.7 Å². The van der Waals surface area contributed by atoms with E-state index in [2.05, 4.69) is 15.9 Å². The van der Waals surface area contributed by atoms with Crippen molar-refractivity contribution in [2.24, 2.45) is 0 Å². The molecule has 0 aliphatic carbocycles. The minimum absolute atomic E-state index is 0.0698. The maximum Gasteiger partial charge on any atom is 0.159 e. The Balaban J connectivity index is 3.11. The van der Waals surface area contributed by atoms with Gasteiger partial charge < -0.3 is 10.2 Å². The minimum Gasteiger partial charge on any atom is -0.389 e. The summed E-state index contributed by atoms with van der Waals surface area (Å²) in [5.41, 5.74) is 0.233. The average Bonchev–Trinajstić information content (AvgIpc) is 2.27. The molecule has 0 radical (unpaired) electrons. The van der Waals surface area contributed by atoms with Gasteiger partial charge in [-0.05, 0) is 25.1 Å². The van der Waals surface area contributed by atoms with Crippen molar-refractivity contribution in [2.75, 3.05) is 5.33 Å². The van der Waals surface area contributed by atoms with Crippen LogP contribution in [0.2, 0.25) is 0 Å². The molecule has 0 fully saturated rings. The quantitative estimate of drug-likeness (QED) is 0.657. The number of aliphatic hydroxyl groups excluding tert-OH is 2. The first-order chi connectivity index (χ1) is 7.47. The second-order valence-corrected chi connectivity index (χ2v) is 4.11. The van der Waals surface area contributed by atoms with Crippen LogP contribution >= 0.6 is 15.9 Å². The fraction of sp³-hybridized carbons (Fsp3) is 0.364. The number of aliphatic hydroxyl groups is 2. The van der Waals surface area contributed by atoms with Gasteiger partial charge in [-0.3, -0.25) is 4.79 Å². The lowest BCUT2D eigenvalue weighted by Crippen LogP contribution is -2.20. The van der Waals surface area contributed by atoms with Gasteiger partial charge in [-0.15, -0.1) is 0 Å². The number of Topliss-reactive ketones (excluding diaryl/α,β-unsaturated/α-hetero) is 1. The van der Waals surface area contributed by atoms with Crippen LogP contribution < -0.4 is 0 Å². The predicted molar refractivity (Wildman–Crippen MR) is 61.2 cm³/mol. The Morgan fingerprint density at radius 3 is 2.62 bits per heavy atom. The molecule has 0 amide bonds. The summed E-state index contributed by atoms with van der Waals surface area (Å²) >= 11 is 2.99. The maximum absolute atomic E-state index is 13.4. The SMILES string of the molecule is CC(=O)c1ccc(F)c(C(O)C(O)CBr)c1. The summed E-state index contributed by atoms with van der Waals surface area (Å²) in [7, 11) is 0. The molecule has 2 atom stereocenters. The van der Waals surface area contributed by atoms with E-state index in [0.29, 0.717) is 5.56 Å². The zero-order chi connectivity index (χ0) is 12.3. The molecule has 88 valence electrons. The highest BCUT2D eigenvalue weighted by Gasteiger charge is 2.21. The van der Waals surface area contributed by atoms with Crippen molar-refractivity contribution < 1.29 is 19.4 Å². The molecule has 0 aliphatic rings. The summed E-state index contributed by atoms with van der Waals surface area (Å²) < 4.78 is 13.4. The van der Waals surface area contributed by atoms with E-state index in [1.54, 1.807) is 0 Å². The van der Waals surface area contributed by atoms with Gasteiger partial charge in [0.1, 0.15) is 11.9 Å². The van der Waals surface area contributed by atoms with E-state index in [4.69, 9.17) is 0 Å².